The zero-order chi connectivity index (χ0) is 14.6. The minimum Gasteiger partial charge on any atom is -0.388 e. The first kappa shape index (κ1) is 15.7. The molecular weight excluding hydrogens is 242 g/mol. The van der Waals surface area contributed by atoms with E-state index in [1.54, 1.807) is 6.92 Å². The SMILES string of the molecule is CC(C)CC(C)(O)CNc1cc(=O)[nH]c(C(C)C)n1. The molecule has 108 valence electrons. The van der Waals surface area contributed by atoms with Crippen molar-refractivity contribution in [2.45, 2.75) is 52.6 Å². The maximum absolute atomic E-state index is 11.5. The second kappa shape index (κ2) is 6.19. The summed E-state index contributed by atoms with van der Waals surface area (Å²) in [5, 5.41) is 13.3. The van der Waals surface area contributed by atoms with Gasteiger partial charge in [-0.2, -0.15) is 0 Å². The van der Waals surface area contributed by atoms with E-state index in [0.29, 0.717) is 30.5 Å². The maximum Gasteiger partial charge on any atom is 0.252 e. The van der Waals surface area contributed by atoms with Gasteiger partial charge in [0, 0.05) is 18.5 Å². The Morgan fingerprint density at radius 3 is 2.58 bits per heavy atom. The molecule has 0 fully saturated rings. The Labute approximate surface area is 114 Å². The van der Waals surface area contributed by atoms with E-state index in [0.717, 1.165) is 0 Å². The molecule has 0 radical (unpaired) electrons. The highest BCUT2D eigenvalue weighted by Crippen LogP contribution is 2.17. The van der Waals surface area contributed by atoms with Crippen molar-refractivity contribution < 1.29 is 5.11 Å². The van der Waals surface area contributed by atoms with E-state index in [1.165, 1.54) is 6.07 Å². The second-order valence-corrected chi connectivity index (χ2v) is 6.12. The van der Waals surface area contributed by atoms with Crippen LogP contribution in [0.15, 0.2) is 10.9 Å². The topological polar surface area (TPSA) is 78.0 Å². The average Bonchev–Trinajstić information content (AvgIpc) is 2.24. The molecule has 1 aromatic rings. The summed E-state index contributed by atoms with van der Waals surface area (Å²) in [5.74, 6) is 1.73. The first-order chi connectivity index (χ1) is 8.69. The minimum absolute atomic E-state index is 0.158. The average molecular weight is 267 g/mol. The molecule has 1 heterocycles. The highest BCUT2D eigenvalue weighted by Gasteiger charge is 2.21. The van der Waals surface area contributed by atoms with Gasteiger partial charge in [0.05, 0.1) is 5.60 Å². The molecule has 0 aliphatic carbocycles. The molecule has 3 N–H and O–H groups in total. The van der Waals surface area contributed by atoms with E-state index in [9.17, 15) is 9.90 Å². The lowest BCUT2D eigenvalue weighted by atomic mass is 9.94. The summed E-state index contributed by atoms with van der Waals surface area (Å²) < 4.78 is 0. The van der Waals surface area contributed by atoms with Crippen LogP contribution in [0.5, 0.6) is 0 Å². The molecule has 19 heavy (non-hydrogen) atoms. The zero-order valence-corrected chi connectivity index (χ0v) is 12.4. The molecule has 0 saturated heterocycles. The van der Waals surface area contributed by atoms with Crippen molar-refractivity contribution >= 4 is 5.82 Å². The molecule has 1 unspecified atom stereocenters. The fourth-order valence-corrected chi connectivity index (χ4v) is 2.07. The fourth-order valence-electron chi connectivity index (χ4n) is 2.07. The number of aromatic nitrogens is 2. The Bertz CT molecular complexity index is 464. The molecule has 0 aliphatic heterocycles. The van der Waals surface area contributed by atoms with Gasteiger partial charge in [-0.3, -0.25) is 4.79 Å². The molecule has 0 saturated carbocycles. The number of aromatic amines is 1. The second-order valence-electron chi connectivity index (χ2n) is 6.12. The molecule has 0 amide bonds. The van der Waals surface area contributed by atoms with Crippen LogP contribution >= 0.6 is 0 Å². The van der Waals surface area contributed by atoms with Crippen LogP contribution in [0.4, 0.5) is 5.82 Å². The van der Waals surface area contributed by atoms with Gasteiger partial charge in [-0.1, -0.05) is 27.7 Å². The van der Waals surface area contributed by atoms with Crippen molar-refractivity contribution in [3.05, 3.63) is 22.2 Å². The lowest BCUT2D eigenvalue weighted by Gasteiger charge is -2.25. The molecule has 0 aliphatic rings. The molecular formula is C14H25N3O2. The Morgan fingerprint density at radius 1 is 1.42 bits per heavy atom. The van der Waals surface area contributed by atoms with Gasteiger partial charge in [0.1, 0.15) is 11.6 Å². The summed E-state index contributed by atoms with van der Waals surface area (Å²) in [6.07, 6.45) is 0.695. The van der Waals surface area contributed by atoms with E-state index in [1.807, 2.05) is 13.8 Å². The molecule has 0 aromatic carbocycles. The van der Waals surface area contributed by atoms with Gasteiger partial charge in [-0.05, 0) is 19.3 Å². The zero-order valence-electron chi connectivity index (χ0n) is 12.4. The number of aliphatic hydroxyl groups is 1. The Balaban J connectivity index is 2.75. The van der Waals surface area contributed by atoms with Crippen molar-refractivity contribution in [2.75, 3.05) is 11.9 Å². The molecule has 0 bridgehead atoms. The van der Waals surface area contributed by atoms with E-state index in [2.05, 4.69) is 29.1 Å². The largest absolute Gasteiger partial charge is 0.388 e. The minimum atomic E-state index is -0.809. The van der Waals surface area contributed by atoms with Crippen LogP contribution in [0.2, 0.25) is 0 Å². The number of H-pyrrole nitrogens is 1. The van der Waals surface area contributed by atoms with E-state index in [4.69, 9.17) is 0 Å². The van der Waals surface area contributed by atoms with E-state index < -0.39 is 5.60 Å². The smallest absolute Gasteiger partial charge is 0.252 e. The Morgan fingerprint density at radius 2 is 2.05 bits per heavy atom. The van der Waals surface area contributed by atoms with Crippen LogP contribution < -0.4 is 10.9 Å². The van der Waals surface area contributed by atoms with Crippen LogP contribution in [0, 0.1) is 5.92 Å². The fraction of sp³-hybridized carbons (Fsp3) is 0.714. The van der Waals surface area contributed by atoms with Gasteiger partial charge in [0.25, 0.3) is 5.56 Å². The van der Waals surface area contributed by atoms with E-state index in [-0.39, 0.29) is 11.5 Å². The van der Waals surface area contributed by atoms with Crippen LogP contribution in [-0.4, -0.2) is 27.2 Å². The van der Waals surface area contributed by atoms with Crippen LogP contribution in [0.1, 0.15) is 52.8 Å². The molecule has 1 rings (SSSR count). The van der Waals surface area contributed by atoms with Crippen molar-refractivity contribution in [2.24, 2.45) is 5.92 Å². The predicted octanol–water partition coefficient (Wildman–Crippen LogP) is 2.10. The number of hydrogen-bond acceptors (Lipinski definition) is 4. The molecule has 1 aromatic heterocycles. The Kier molecular flexibility index (Phi) is 5.11. The monoisotopic (exact) mass is 267 g/mol. The van der Waals surface area contributed by atoms with Gasteiger partial charge >= 0.3 is 0 Å². The van der Waals surface area contributed by atoms with Crippen molar-refractivity contribution in [3.8, 4) is 0 Å². The third kappa shape index (κ3) is 5.42. The first-order valence-electron chi connectivity index (χ1n) is 6.77. The summed E-state index contributed by atoms with van der Waals surface area (Å²) >= 11 is 0. The summed E-state index contributed by atoms with van der Waals surface area (Å²) in [4.78, 5) is 18.6. The van der Waals surface area contributed by atoms with Gasteiger partial charge in [0.15, 0.2) is 0 Å². The third-order valence-electron chi connectivity index (χ3n) is 2.81. The third-order valence-corrected chi connectivity index (χ3v) is 2.81. The standard InChI is InChI=1S/C14H25N3O2/c1-9(2)7-14(5,19)8-15-11-6-12(18)17-13(16-11)10(3)4/h6,9-10,19H,7-8H2,1-5H3,(H2,15,16,17,18). The highest BCUT2D eigenvalue weighted by atomic mass is 16.3. The van der Waals surface area contributed by atoms with Crippen molar-refractivity contribution in [3.63, 3.8) is 0 Å². The summed E-state index contributed by atoms with van der Waals surface area (Å²) in [5.41, 5.74) is -0.985. The lowest BCUT2D eigenvalue weighted by Crippen LogP contribution is -2.35. The van der Waals surface area contributed by atoms with Crippen LogP contribution in [0.3, 0.4) is 0 Å². The quantitative estimate of drug-likeness (QED) is 0.737. The first-order valence-corrected chi connectivity index (χ1v) is 6.77. The molecule has 0 spiro atoms. The number of rotatable bonds is 6. The van der Waals surface area contributed by atoms with E-state index >= 15 is 0 Å². The molecule has 5 nitrogen and oxygen atoms in total. The number of anilines is 1. The van der Waals surface area contributed by atoms with Crippen LogP contribution in [-0.2, 0) is 0 Å². The summed E-state index contributed by atoms with van der Waals surface area (Å²) in [6, 6.07) is 1.41. The molecule has 1 atom stereocenters. The number of hydrogen-bond donors (Lipinski definition) is 3. The van der Waals surface area contributed by atoms with Crippen LogP contribution in [0.25, 0.3) is 0 Å². The lowest BCUT2D eigenvalue weighted by molar-refractivity contribution is 0.0514. The predicted molar refractivity (Wildman–Crippen MR) is 77.5 cm³/mol. The van der Waals surface area contributed by atoms with Gasteiger partial charge in [-0.15, -0.1) is 0 Å². The number of nitrogens with zero attached hydrogens (tertiary/aromatic N) is 1. The normalized spacial score (nSPS) is 14.7. The van der Waals surface area contributed by atoms with Crippen molar-refractivity contribution in [1.29, 1.82) is 0 Å². The number of nitrogens with one attached hydrogen (secondary N) is 2. The summed E-state index contributed by atoms with van der Waals surface area (Å²) in [6.45, 7) is 10.2. The summed E-state index contributed by atoms with van der Waals surface area (Å²) in [7, 11) is 0. The van der Waals surface area contributed by atoms with Gasteiger partial charge in [0.2, 0.25) is 0 Å². The molecule has 5 heteroatoms. The van der Waals surface area contributed by atoms with Gasteiger partial charge in [-0.25, -0.2) is 4.98 Å². The van der Waals surface area contributed by atoms with Crippen molar-refractivity contribution in [1.82, 2.24) is 9.97 Å². The highest BCUT2D eigenvalue weighted by molar-refractivity contribution is 5.33. The van der Waals surface area contributed by atoms with Gasteiger partial charge < -0.3 is 15.4 Å². The Hall–Kier alpha value is -1.36. The maximum atomic E-state index is 11.5.